The van der Waals surface area contributed by atoms with Crippen LogP contribution in [0.2, 0.25) is 0 Å². The van der Waals surface area contributed by atoms with Crippen molar-refractivity contribution in [2.45, 2.75) is 6.92 Å². The number of rotatable bonds is 5. The number of piperazine rings is 1. The maximum absolute atomic E-state index is 11.4. The summed E-state index contributed by atoms with van der Waals surface area (Å²) in [7, 11) is 0. The second-order valence-corrected chi connectivity index (χ2v) is 6.47. The number of nitrogens with two attached hydrogens (primary N) is 1. The molecule has 0 radical (unpaired) electrons. The Balaban J connectivity index is 1.96. The molecule has 0 unspecified atom stereocenters. The molecule has 10 heteroatoms. The molecule has 0 saturated carbocycles. The highest BCUT2D eigenvalue weighted by atomic mass is 32.1. The summed E-state index contributed by atoms with van der Waals surface area (Å²) in [6.45, 7) is 4.82. The number of non-ortho nitro benzene ring substituents is 1. The number of primary amides is 1. The Bertz CT molecular complexity index is 816. The summed E-state index contributed by atoms with van der Waals surface area (Å²) in [6.07, 6.45) is 0. The number of nitro groups is 1. The van der Waals surface area contributed by atoms with Crippen LogP contribution in [0.1, 0.15) is 15.4 Å². The van der Waals surface area contributed by atoms with E-state index >= 15 is 0 Å². The molecule has 0 bridgehead atoms. The Hall–Kier alpha value is -2.72. The number of ether oxygens (including phenoxy) is 1. The molecule has 1 amide bonds. The third kappa shape index (κ3) is 3.69. The maximum Gasteiger partial charge on any atom is 0.279 e. The number of carbonyl (C=O) groups excluding carboxylic acids is 1. The summed E-state index contributed by atoms with van der Waals surface area (Å²) in [5.41, 5.74) is 6.46. The van der Waals surface area contributed by atoms with Crippen LogP contribution in [0.5, 0.6) is 10.9 Å². The smallest absolute Gasteiger partial charge is 0.279 e. The number of nitrogens with zero attached hydrogens (tertiary/aromatic N) is 3. The molecular formula is C15H17N5O4S. The first-order valence-electron chi connectivity index (χ1n) is 7.65. The number of nitro benzene ring substituents is 1. The van der Waals surface area contributed by atoms with Crippen LogP contribution in [0, 0.1) is 17.0 Å². The summed E-state index contributed by atoms with van der Waals surface area (Å²) in [6, 6.07) is 4.50. The fraction of sp³-hybridized carbons (Fsp3) is 0.333. The number of carbonyl (C=O) groups is 1. The first kappa shape index (κ1) is 17.1. The third-order valence-corrected chi connectivity index (χ3v) is 4.86. The quantitative estimate of drug-likeness (QED) is 0.611. The number of hydrogen-bond donors (Lipinski definition) is 2. The van der Waals surface area contributed by atoms with Crippen molar-refractivity contribution in [3.8, 4) is 10.9 Å². The molecule has 1 aromatic carbocycles. The van der Waals surface area contributed by atoms with Crippen LogP contribution in [-0.4, -0.2) is 42.0 Å². The van der Waals surface area contributed by atoms with Crippen molar-refractivity contribution in [3.63, 3.8) is 0 Å². The first-order chi connectivity index (χ1) is 12.0. The fourth-order valence-corrected chi connectivity index (χ4v) is 3.39. The van der Waals surface area contributed by atoms with E-state index in [1.807, 2.05) is 0 Å². The summed E-state index contributed by atoms with van der Waals surface area (Å²) >= 11 is 1.02. The molecule has 0 aliphatic carbocycles. The molecule has 25 heavy (non-hydrogen) atoms. The van der Waals surface area contributed by atoms with Crippen LogP contribution in [0.3, 0.4) is 0 Å². The van der Waals surface area contributed by atoms with Gasteiger partial charge in [0.2, 0.25) is 0 Å². The number of thiazole rings is 1. The van der Waals surface area contributed by atoms with Crippen LogP contribution in [0.25, 0.3) is 0 Å². The van der Waals surface area contributed by atoms with Gasteiger partial charge in [-0.1, -0.05) is 11.3 Å². The molecule has 3 N–H and O–H groups in total. The Morgan fingerprint density at radius 1 is 1.44 bits per heavy atom. The topological polar surface area (TPSA) is 124 Å². The molecule has 1 aromatic heterocycles. The molecule has 1 aliphatic heterocycles. The van der Waals surface area contributed by atoms with Gasteiger partial charge in [-0.2, -0.15) is 0 Å². The Morgan fingerprint density at radius 3 is 2.76 bits per heavy atom. The van der Waals surface area contributed by atoms with Crippen molar-refractivity contribution in [1.29, 1.82) is 0 Å². The number of anilines is 1. The number of benzene rings is 1. The summed E-state index contributed by atoms with van der Waals surface area (Å²) in [5.74, 6) is -0.243. The first-order valence-corrected chi connectivity index (χ1v) is 8.46. The SMILES string of the molecule is Cc1nc(Oc2cc([N+](=O)[O-])ccc2N2CCNCC2)sc1C(N)=O. The monoisotopic (exact) mass is 363 g/mol. The highest BCUT2D eigenvalue weighted by Gasteiger charge is 2.21. The molecular weight excluding hydrogens is 346 g/mol. The minimum atomic E-state index is -0.578. The normalized spacial score (nSPS) is 14.4. The highest BCUT2D eigenvalue weighted by molar-refractivity contribution is 7.15. The Labute approximate surface area is 147 Å². The van der Waals surface area contributed by atoms with E-state index in [-0.39, 0.29) is 10.9 Å². The summed E-state index contributed by atoms with van der Waals surface area (Å²) in [4.78, 5) is 28.6. The van der Waals surface area contributed by atoms with Gasteiger partial charge in [-0.3, -0.25) is 14.9 Å². The zero-order valence-corrected chi connectivity index (χ0v) is 14.3. The van der Waals surface area contributed by atoms with E-state index in [1.165, 1.54) is 12.1 Å². The van der Waals surface area contributed by atoms with Gasteiger partial charge in [0.25, 0.3) is 16.8 Å². The lowest BCUT2D eigenvalue weighted by Crippen LogP contribution is -2.43. The van der Waals surface area contributed by atoms with Gasteiger partial charge in [0.15, 0.2) is 5.75 Å². The number of hydrogen-bond acceptors (Lipinski definition) is 8. The van der Waals surface area contributed by atoms with Gasteiger partial charge in [-0.25, -0.2) is 4.98 Å². The van der Waals surface area contributed by atoms with Gasteiger partial charge in [0.1, 0.15) is 4.88 Å². The zero-order chi connectivity index (χ0) is 18.0. The molecule has 0 spiro atoms. The Morgan fingerprint density at radius 2 is 2.16 bits per heavy atom. The minimum absolute atomic E-state index is 0.0720. The third-order valence-electron chi connectivity index (χ3n) is 3.81. The van der Waals surface area contributed by atoms with Crippen molar-refractivity contribution >= 4 is 28.6 Å². The lowest BCUT2D eigenvalue weighted by Gasteiger charge is -2.30. The predicted molar refractivity (Wildman–Crippen MR) is 93.6 cm³/mol. The number of aromatic nitrogens is 1. The molecule has 1 fully saturated rings. The van der Waals surface area contributed by atoms with Crippen molar-refractivity contribution in [2.24, 2.45) is 5.73 Å². The highest BCUT2D eigenvalue weighted by Crippen LogP contribution is 2.37. The molecule has 9 nitrogen and oxygen atoms in total. The number of aryl methyl sites for hydroxylation is 1. The van der Waals surface area contributed by atoms with Crippen LogP contribution in [-0.2, 0) is 0 Å². The molecule has 2 heterocycles. The molecule has 2 aromatic rings. The van der Waals surface area contributed by atoms with Gasteiger partial charge in [-0.15, -0.1) is 0 Å². The van der Waals surface area contributed by atoms with Crippen molar-refractivity contribution in [2.75, 3.05) is 31.1 Å². The van der Waals surface area contributed by atoms with Crippen LogP contribution < -0.4 is 20.7 Å². The number of amides is 1. The van der Waals surface area contributed by atoms with E-state index < -0.39 is 10.8 Å². The maximum atomic E-state index is 11.4. The number of nitrogens with one attached hydrogen (secondary N) is 1. The van der Waals surface area contributed by atoms with E-state index in [1.54, 1.807) is 13.0 Å². The average Bonchev–Trinajstić information content (AvgIpc) is 2.96. The second-order valence-electron chi connectivity index (χ2n) is 5.51. The lowest BCUT2D eigenvalue weighted by atomic mass is 10.2. The van der Waals surface area contributed by atoms with Gasteiger partial charge in [-0.05, 0) is 13.0 Å². The van der Waals surface area contributed by atoms with Crippen LogP contribution in [0.15, 0.2) is 18.2 Å². The van der Waals surface area contributed by atoms with Gasteiger partial charge in [0, 0.05) is 32.2 Å². The molecule has 1 saturated heterocycles. The van der Waals surface area contributed by atoms with Crippen molar-refractivity contribution in [3.05, 3.63) is 38.9 Å². The second kappa shape index (κ2) is 7.03. The van der Waals surface area contributed by atoms with Crippen LogP contribution >= 0.6 is 11.3 Å². The molecule has 1 aliphatic rings. The average molecular weight is 363 g/mol. The van der Waals surface area contributed by atoms with E-state index in [9.17, 15) is 14.9 Å². The van der Waals surface area contributed by atoms with Gasteiger partial charge in [0.05, 0.1) is 22.4 Å². The molecule has 132 valence electrons. The minimum Gasteiger partial charge on any atom is -0.428 e. The zero-order valence-electron chi connectivity index (χ0n) is 13.5. The largest absolute Gasteiger partial charge is 0.428 e. The van der Waals surface area contributed by atoms with Gasteiger partial charge < -0.3 is 20.7 Å². The van der Waals surface area contributed by atoms with E-state index in [2.05, 4.69) is 15.2 Å². The van der Waals surface area contributed by atoms with Crippen LogP contribution in [0.4, 0.5) is 11.4 Å². The van der Waals surface area contributed by atoms with Gasteiger partial charge >= 0.3 is 0 Å². The summed E-state index contributed by atoms with van der Waals surface area (Å²) < 4.78 is 5.80. The van der Waals surface area contributed by atoms with E-state index in [0.717, 1.165) is 43.2 Å². The van der Waals surface area contributed by atoms with E-state index in [4.69, 9.17) is 10.5 Å². The predicted octanol–water partition coefficient (Wildman–Crippen LogP) is 1.66. The van der Waals surface area contributed by atoms with Crippen molar-refractivity contribution < 1.29 is 14.5 Å². The van der Waals surface area contributed by atoms with E-state index in [0.29, 0.717) is 16.3 Å². The molecule has 3 rings (SSSR count). The Kier molecular flexibility index (Phi) is 4.81. The fourth-order valence-electron chi connectivity index (χ4n) is 2.60. The lowest BCUT2D eigenvalue weighted by molar-refractivity contribution is -0.384. The van der Waals surface area contributed by atoms with Crippen molar-refractivity contribution in [1.82, 2.24) is 10.3 Å². The summed E-state index contributed by atoms with van der Waals surface area (Å²) in [5, 5.41) is 14.6. The molecule has 0 atom stereocenters. The standard InChI is InChI=1S/C15H17N5O4S/c1-9-13(14(16)21)25-15(18-9)24-12-8-10(20(22)23)2-3-11(12)19-6-4-17-5-7-19/h2-3,8,17H,4-7H2,1H3,(H2,16,21).